The van der Waals surface area contributed by atoms with Gasteiger partial charge < -0.3 is 9.47 Å². The highest BCUT2D eigenvalue weighted by Gasteiger charge is 2.67. The number of carbonyl (C=O) groups is 1. The van der Waals surface area contributed by atoms with Crippen molar-refractivity contribution >= 4 is 22.4 Å². The van der Waals surface area contributed by atoms with Crippen LogP contribution in [0.2, 0.25) is 0 Å². The van der Waals surface area contributed by atoms with Gasteiger partial charge in [-0.3, -0.25) is 0 Å². The summed E-state index contributed by atoms with van der Waals surface area (Å²) in [4.78, 5) is 18.0. The lowest BCUT2D eigenvalue weighted by Gasteiger charge is -2.46. The molecule has 2 bridgehead atoms. The van der Waals surface area contributed by atoms with E-state index in [1.165, 1.54) is 19.2 Å². The van der Waals surface area contributed by atoms with Gasteiger partial charge in [0.25, 0.3) is 0 Å². The van der Waals surface area contributed by atoms with Gasteiger partial charge in [-0.05, 0) is 61.8 Å². The lowest BCUT2D eigenvalue weighted by Crippen LogP contribution is -2.55. The van der Waals surface area contributed by atoms with Crippen LogP contribution in [-0.4, -0.2) is 55.1 Å². The van der Waals surface area contributed by atoms with Gasteiger partial charge in [-0.1, -0.05) is 82.7 Å². The van der Waals surface area contributed by atoms with Crippen LogP contribution in [0.4, 0.5) is 0 Å². The predicted octanol–water partition coefficient (Wildman–Crippen LogP) is 6.19. The van der Waals surface area contributed by atoms with E-state index in [4.69, 9.17) is 9.47 Å². The molecule has 0 aromatic heterocycles. The Balaban J connectivity index is 1.26. The van der Waals surface area contributed by atoms with Crippen LogP contribution >= 0.6 is 0 Å². The molecule has 1 aliphatic heterocycles. The molecule has 4 fully saturated rings. The van der Waals surface area contributed by atoms with Crippen molar-refractivity contribution in [3.05, 3.63) is 35.9 Å². The first-order chi connectivity index (χ1) is 19.2. The molecule has 1 aromatic carbocycles. The molecule has 1 heterocycles. The molecule has 4 saturated carbocycles. The number of fused-ring (bicyclic) bond motifs is 2. The van der Waals surface area contributed by atoms with Gasteiger partial charge in [0.1, 0.15) is 6.10 Å². The number of nitrogens with zero attached hydrogens (tertiary/aromatic N) is 2. The maximum absolute atomic E-state index is 14.6. The summed E-state index contributed by atoms with van der Waals surface area (Å²) >= 11 is 0. The molecule has 4 aliphatic carbocycles. The molecule has 40 heavy (non-hydrogen) atoms. The fourth-order valence-corrected chi connectivity index (χ4v) is 11.8. The average molecular weight is 571 g/mol. The molecule has 0 amide bonds. The van der Waals surface area contributed by atoms with Crippen molar-refractivity contribution in [2.45, 2.75) is 128 Å². The van der Waals surface area contributed by atoms with E-state index >= 15 is 0 Å². The molecule has 0 radical (unpaired) electrons. The van der Waals surface area contributed by atoms with E-state index in [0.29, 0.717) is 12.3 Å². The first-order valence-electron chi connectivity index (χ1n) is 15.7. The minimum absolute atomic E-state index is 0.0704. The van der Waals surface area contributed by atoms with Gasteiger partial charge in [0.2, 0.25) is 10.0 Å². The Kier molecular flexibility index (Phi) is 7.79. The molecule has 0 N–H and O–H groups in total. The van der Waals surface area contributed by atoms with Crippen molar-refractivity contribution in [3.63, 3.8) is 0 Å². The third kappa shape index (κ3) is 4.91. The fraction of sp³-hybridized carbons (Fsp3) is 0.750. The first-order valence-corrected chi connectivity index (χ1v) is 17.3. The number of ether oxygens (including phenoxy) is 2. The molecular weight excluding hydrogens is 524 g/mol. The van der Waals surface area contributed by atoms with Gasteiger partial charge in [-0.25, -0.2) is 18.2 Å². The van der Waals surface area contributed by atoms with E-state index < -0.39 is 39.7 Å². The molecule has 5 atom stereocenters. The predicted molar refractivity (Wildman–Crippen MR) is 155 cm³/mol. The quantitative estimate of drug-likeness (QED) is 0.348. The van der Waals surface area contributed by atoms with Crippen molar-refractivity contribution in [3.8, 4) is 0 Å². The third-order valence-corrected chi connectivity index (χ3v) is 13.5. The lowest BCUT2D eigenvalue weighted by atomic mass is 9.69. The van der Waals surface area contributed by atoms with E-state index in [2.05, 4.69) is 18.8 Å². The van der Waals surface area contributed by atoms with E-state index in [0.717, 1.165) is 69.8 Å². The maximum Gasteiger partial charge on any atom is 0.335 e. The number of hydrogen-bond donors (Lipinski definition) is 0. The minimum atomic E-state index is -3.57. The van der Waals surface area contributed by atoms with Crippen LogP contribution in [0.3, 0.4) is 0 Å². The van der Waals surface area contributed by atoms with Crippen LogP contribution in [0.25, 0.3) is 0 Å². The van der Waals surface area contributed by atoms with Crippen molar-refractivity contribution in [2.75, 3.05) is 5.75 Å². The Hall–Kier alpha value is -1.93. The summed E-state index contributed by atoms with van der Waals surface area (Å²) in [7, 11) is -3.57. The number of aliphatic imine (C=N–C) groups is 1. The average Bonchev–Trinajstić information content (AvgIpc) is 3.59. The normalized spacial score (nSPS) is 34.3. The Bertz CT molecular complexity index is 1170. The van der Waals surface area contributed by atoms with Crippen molar-refractivity contribution < 1.29 is 22.7 Å². The van der Waals surface area contributed by atoms with E-state index in [-0.39, 0.29) is 23.3 Å². The molecule has 220 valence electrons. The maximum atomic E-state index is 14.6. The second-order valence-electron chi connectivity index (χ2n) is 13.6. The Morgan fingerprint density at radius 3 is 2.20 bits per heavy atom. The molecule has 0 spiro atoms. The van der Waals surface area contributed by atoms with Gasteiger partial charge >= 0.3 is 5.97 Å². The summed E-state index contributed by atoms with van der Waals surface area (Å²) in [5, 5.41) is 0. The van der Waals surface area contributed by atoms with Crippen LogP contribution in [0.15, 0.2) is 35.3 Å². The molecule has 0 saturated heterocycles. The number of benzene rings is 1. The SMILES string of the molecule is CC1(C)[C@@H]2CC[C@@]1(CS(=O)(=O)N(C1CCCCC1)C1CCCCC1)[C@H](OC(=O)[C@@H]1N=CO[C@H]1c1ccccc1)C2. The Morgan fingerprint density at radius 1 is 0.975 bits per heavy atom. The summed E-state index contributed by atoms with van der Waals surface area (Å²) in [6.45, 7) is 4.42. The zero-order valence-electron chi connectivity index (χ0n) is 24.2. The van der Waals surface area contributed by atoms with Crippen molar-refractivity contribution in [1.82, 2.24) is 4.31 Å². The van der Waals surface area contributed by atoms with Gasteiger partial charge in [-0.2, -0.15) is 4.31 Å². The van der Waals surface area contributed by atoms with Gasteiger partial charge in [0, 0.05) is 17.5 Å². The zero-order chi connectivity index (χ0) is 28.0. The van der Waals surface area contributed by atoms with Crippen LogP contribution in [0.5, 0.6) is 0 Å². The van der Waals surface area contributed by atoms with E-state index in [1.807, 2.05) is 34.6 Å². The molecule has 5 aliphatic rings. The second kappa shape index (κ2) is 11.0. The van der Waals surface area contributed by atoms with E-state index in [1.54, 1.807) is 0 Å². The lowest BCUT2D eigenvalue weighted by molar-refractivity contribution is -0.160. The van der Waals surface area contributed by atoms with Gasteiger partial charge in [0.05, 0.1) is 5.75 Å². The molecule has 8 heteroatoms. The summed E-state index contributed by atoms with van der Waals surface area (Å²) < 4.78 is 43.3. The highest BCUT2D eigenvalue weighted by atomic mass is 32.2. The summed E-state index contributed by atoms with van der Waals surface area (Å²) in [6, 6.07) is 9.07. The van der Waals surface area contributed by atoms with Crippen molar-refractivity contribution in [1.29, 1.82) is 0 Å². The van der Waals surface area contributed by atoms with Crippen LogP contribution in [-0.2, 0) is 24.3 Å². The monoisotopic (exact) mass is 570 g/mol. The van der Waals surface area contributed by atoms with Crippen LogP contribution < -0.4 is 0 Å². The largest absolute Gasteiger partial charge is 0.473 e. The zero-order valence-corrected chi connectivity index (χ0v) is 25.0. The molecule has 6 rings (SSSR count). The molecule has 1 aromatic rings. The number of sulfonamides is 1. The summed E-state index contributed by atoms with van der Waals surface area (Å²) in [6.07, 6.45) is 13.6. The Labute approximate surface area is 240 Å². The molecule has 7 nitrogen and oxygen atoms in total. The number of rotatable bonds is 8. The number of esters is 1. The second-order valence-corrected chi connectivity index (χ2v) is 15.5. The van der Waals surface area contributed by atoms with Crippen molar-refractivity contribution in [2.24, 2.45) is 21.7 Å². The van der Waals surface area contributed by atoms with Crippen LogP contribution in [0, 0.1) is 16.7 Å². The molecule has 0 unspecified atom stereocenters. The first kappa shape index (κ1) is 28.2. The summed E-state index contributed by atoms with van der Waals surface area (Å²) in [5.41, 5.74) is 0.0478. The van der Waals surface area contributed by atoms with Gasteiger partial charge in [0.15, 0.2) is 18.5 Å². The number of carbonyl (C=O) groups excluding carboxylic acids is 1. The van der Waals surface area contributed by atoms with Crippen LogP contribution in [0.1, 0.15) is 109 Å². The highest BCUT2D eigenvalue weighted by Crippen LogP contribution is 2.67. The van der Waals surface area contributed by atoms with E-state index in [9.17, 15) is 13.2 Å². The third-order valence-electron chi connectivity index (χ3n) is 11.3. The Morgan fingerprint density at radius 2 is 1.60 bits per heavy atom. The fourth-order valence-electron chi connectivity index (χ4n) is 8.95. The molecular formula is C32H46N2O5S. The smallest absolute Gasteiger partial charge is 0.335 e. The van der Waals surface area contributed by atoms with Gasteiger partial charge in [-0.15, -0.1) is 0 Å². The number of hydrogen-bond acceptors (Lipinski definition) is 6. The standard InChI is InChI=1S/C32H46N2O5S/c1-31(2)24-18-19-32(31,21-40(36,37)34(25-14-8-4-9-15-25)26-16-10-5-11-17-26)27(20-24)39-30(35)28-29(38-22-33-28)23-12-6-3-7-13-23/h3,6-7,12-13,22,24-29H,4-5,8-11,14-21H2,1-2H3/t24-,27-,28-,29+,32-/m1/s1. The highest BCUT2D eigenvalue weighted by molar-refractivity contribution is 7.89. The topological polar surface area (TPSA) is 85.3 Å². The minimum Gasteiger partial charge on any atom is -0.473 e. The summed E-state index contributed by atoms with van der Waals surface area (Å²) in [5.74, 6) is -0.00299.